The highest BCUT2D eigenvalue weighted by atomic mass is 16.5. The van der Waals surface area contributed by atoms with Gasteiger partial charge in [0.25, 0.3) is 0 Å². The fourth-order valence-corrected chi connectivity index (χ4v) is 2.22. The lowest BCUT2D eigenvalue weighted by molar-refractivity contribution is -0.119. The Bertz CT molecular complexity index is 280. The summed E-state index contributed by atoms with van der Waals surface area (Å²) in [5.41, 5.74) is -0.305. The molecule has 4 heteroatoms. The van der Waals surface area contributed by atoms with E-state index in [0.717, 1.165) is 31.5 Å². The van der Waals surface area contributed by atoms with Gasteiger partial charge in [0.2, 0.25) is 5.91 Å². The Hall–Kier alpha value is -0.900. The molecule has 0 aromatic rings. The van der Waals surface area contributed by atoms with Crippen molar-refractivity contribution in [3.63, 3.8) is 0 Å². The van der Waals surface area contributed by atoms with Crippen LogP contribution in [0.5, 0.6) is 0 Å². The lowest BCUT2D eigenvalue weighted by Gasteiger charge is -2.26. The van der Waals surface area contributed by atoms with Gasteiger partial charge in [0.05, 0.1) is 0 Å². The lowest BCUT2D eigenvalue weighted by Crippen LogP contribution is -2.45. The average molecular weight is 196 g/mol. The molecule has 78 valence electrons. The van der Waals surface area contributed by atoms with E-state index >= 15 is 0 Å². The number of amides is 1. The van der Waals surface area contributed by atoms with Crippen molar-refractivity contribution in [2.45, 2.75) is 44.2 Å². The third-order valence-corrected chi connectivity index (χ3v) is 3.18. The molecule has 4 nitrogen and oxygen atoms in total. The fraction of sp³-hybridized carbons (Fsp3) is 0.800. The second kappa shape index (κ2) is 3.35. The highest BCUT2D eigenvalue weighted by molar-refractivity contribution is 6.09. The molecule has 0 radical (unpaired) electrons. The zero-order chi connectivity index (χ0) is 10.2. The molecular weight excluding hydrogens is 180 g/mol. The minimum atomic E-state index is -0.305. The molecule has 1 fully saturated rings. The van der Waals surface area contributed by atoms with Gasteiger partial charge in [0.1, 0.15) is 17.5 Å². The third kappa shape index (κ3) is 1.34. The summed E-state index contributed by atoms with van der Waals surface area (Å²) in [4.78, 5) is 15.6. The van der Waals surface area contributed by atoms with Gasteiger partial charge in [0, 0.05) is 7.11 Å². The van der Waals surface area contributed by atoms with Gasteiger partial charge in [-0.2, -0.15) is 0 Å². The van der Waals surface area contributed by atoms with Gasteiger partial charge in [-0.25, -0.2) is 0 Å². The van der Waals surface area contributed by atoms with Crippen LogP contribution in [0.1, 0.15) is 32.6 Å². The molecule has 14 heavy (non-hydrogen) atoms. The standard InChI is InChI=1S/C10H16N2O2/c1-7-8(13)12-9(11-7)10(14-2)5-3-4-6-10/h7H,3-6H2,1-2H3,(H,11,12,13). The molecule has 1 atom stereocenters. The Morgan fingerprint density at radius 2 is 2.14 bits per heavy atom. The molecule has 1 unspecified atom stereocenters. The largest absolute Gasteiger partial charge is 0.370 e. The Balaban J connectivity index is 2.21. The maximum absolute atomic E-state index is 11.3. The first-order chi connectivity index (χ1) is 6.68. The first-order valence-corrected chi connectivity index (χ1v) is 5.12. The average Bonchev–Trinajstić information content (AvgIpc) is 2.75. The van der Waals surface area contributed by atoms with Crippen molar-refractivity contribution < 1.29 is 9.53 Å². The topological polar surface area (TPSA) is 50.7 Å². The molecule has 0 saturated heterocycles. The molecule has 1 saturated carbocycles. The number of carbonyl (C=O) groups excluding carboxylic acids is 1. The summed E-state index contributed by atoms with van der Waals surface area (Å²) in [5.74, 6) is 0.735. The number of nitrogens with one attached hydrogen (secondary N) is 1. The normalized spacial score (nSPS) is 30.3. The second-order valence-corrected chi connectivity index (χ2v) is 4.05. The Labute approximate surface area is 83.7 Å². The van der Waals surface area contributed by atoms with E-state index in [2.05, 4.69) is 10.3 Å². The Morgan fingerprint density at radius 1 is 1.50 bits per heavy atom. The summed E-state index contributed by atoms with van der Waals surface area (Å²) in [6.07, 6.45) is 4.24. The minimum absolute atomic E-state index is 0.0108. The van der Waals surface area contributed by atoms with Crippen LogP contribution >= 0.6 is 0 Å². The van der Waals surface area contributed by atoms with Gasteiger partial charge < -0.3 is 10.1 Å². The molecule has 0 spiro atoms. The van der Waals surface area contributed by atoms with Crippen LogP contribution in [-0.2, 0) is 9.53 Å². The Kier molecular flexibility index (Phi) is 2.31. The van der Waals surface area contributed by atoms with Crippen molar-refractivity contribution in [2.24, 2.45) is 4.99 Å². The first-order valence-electron chi connectivity index (χ1n) is 5.12. The predicted molar refractivity (Wildman–Crippen MR) is 53.2 cm³/mol. The molecule has 2 aliphatic rings. The van der Waals surface area contributed by atoms with Gasteiger partial charge >= 0.3 is 0 Å². The predicted octanol–water partition coefficient (Wildman–Crippen LogP) is 0.862. The molecule has 1 aliphatic heterocycles. The highest BCUT2D eigenvalue weighted by Crippen LogP contribution is 2.34. The number of amidine groups is 1. The van der Waals surface area contributed by atoms with Crippen molar-refractivity contribution >= 4 is 11.7 Å². The van der Waals surface area contributed by atoms with E-state index in [1.807, 2.05) is 0 Å². The molecule has 0 aromatic heterocycles. The number of nitrogens with zero attached hydrogens (tertiary/aromatic N) is 1. The van der Waals surface area contributed by atoms with Crippen molar-refractivity contribution in [3.8, 4) is 0 Å². The van der Waals surface area contributed by atoms with Crippen molar-refractivity contribution in [2.75, 3.05) is 7.11 Å². The summed E-state index contributed by atoms with van der Waals surface area (Å²) in [6.45, 7) is 1.81. The SMILES string of the molecule is COC1(C2=NC(C)C(=O)N2)CCCC1. The molecular formula is C10H16N2O2. The second-order valence-electron chi connectivity index (χ2n) is 4.05. The smallest absolute Gasteiger partial charge is 0.249 e. The van der Waals surface area contributed by atoms with E-state index in [4.69, 9.17) is 4.74 Å². The first kappa shape index (κ1) is 9.65. The monoisotopic (exact) mass is 196 g/mol. The number of hydrogen-bond acceptors (Lipinski definition) is 3. The summed E-state index contributed by atoms with van der Waals surface area (Å²) >= 11 is 0. The van der Waals surface area contributed by atoms with Gasteiger partial charge in [-0.1, -0.05) is 0 Å². The zero-order valence-corrected chi connectivity index (χ0v) is 8.67. The summed E-state index contributed by atoms with van der Waals surface area (Å²) < 4.78 is 5.53. The number of rotatable bonds is 2. The van der Waals surface area contributed by atoms with Crippen LogP contribution in [0.2, 0.25) is 0 Å². The maximum atomic E-state index is 11.3. The number of hydrogen-bond donors (Lipinski definition) is 1. The highest BCUT2D eigenvalue weighted by Gasteiger charge is 2.42. The van der Waals surface area contributed by atoms with Gasteiger partial charge in [0.15, 0.2) is 0 Å². The lowest BCUT2D eigenvalue weighted by atomic mass is 10.0. The summed E-state index contributed by atoms with van der Waals surface area (Å²) in [6, 6.07) is -0.252. The number of ether oxygens (including phenoxy) is 1. The van der Waals surface area contributed by atoms with Crippen LogP contribution in [0.3, 0.4) is 0 Å². The molecule has 2 rings (SSSR count). The van der Waals surface area contributed by atoms with Crippen LogP contribution in [0.15, 0.2) is 4.99 Å². The van der Waals surface area contributed by atoms with Gasteiger partial charge in [-0.05, 0) is 32.6 Å². The molecule has 1 amide bonds. The number of aliphatic imine (C=N–C) groups is 1. The molecule has 0 aromatic carbocycles. The van der Waals surface area contributed by atoms with E-state index in [0.29, 0.717) is 0 Å². The molecule has 1 heterocycles. The summed E-state index contributed by atoms with van der Waals surface area (Å²) in [5, 5.41) is 2.82. The van der Waals surface area contributed by atoms with Gasteiger partial charge in [-0.15, -0.1) is 0 Å². The number of carbonyl (C=O) groups is 1. The van der Waals surface area contributed by atoms with Crippen LogP contribution in [0.4, 0.5) is 0 Å². The molecule has 1 N–H and O–H groups in total. The van der Waals surface area contributed by atoms with Gasteiger partial charge in [-0.3, -0.25) is 9.79 Å². The Morgan fingerprint density at radius 3 is 2.57 bits per heavy atom. The molecule has 0 bridgehead atoms. The summed E-state index contributed by atoms with van der Waals surface area (Å²) in [7, 11) is 1.70. The number of methoxy groups -OCH3 is 1. The fourth-order valence-electron chi connectivity index (χ4n) is 2.22. The third-order valence-electron chi connectivity index (χ3n) is 3.18. The van der Waals surface area contributed by atoms with Crippen LogP contribution in [0.25, 0.3) is 0 Å². The van der Waals surface area contributed by atoms with Crippen LogP contribution in [-0.4, -0.2) is 30.5 Å². The van der Waals surface area contributed by atoms with Crippen molar-refractivity contribution in [1.29, 1.82) is 0 Å². The molecule has 1 aliphatic carbocycles. The van der Waals surface area contributed by atoms with E-state index in [1.54, 1.807) is 14.0 Å². The van der Waals surface area contributed by atoms with Crippen molar-refractivity contribution in [1.82, 2.24) is 5.32 Å². The van der Waals surface area contributed by atoms with Crippen LogP contribution in [0, 0.1) is 0 Å². The minimum Gasteiger partial charge on any atom is -0.370 e. The van der Waals surface area contributed by atoms with Crippen LogP contribution < -0.4 is 5.32 Å². The van der Waals surface area contributed by atoms with E-state index in [9.17, 15) is 4.79 Å². The maximum Gasteiger partial charge on any atom is 0.249 e. The van der Waals surface area contributed by atoms with E-state index < -0.39 is 0 Å². The van der Waals surface area contributed by atoms with E-state index in [1.165, 1.54) is 0 Å². The zero-order valence-electron chi connectivity index (χ0n) is 8.67. The quantitative estimate of drug-likeness (QED) is 0.712. The van der Waals surface area contributed by atoms with E-state index in [-0.39, 0.29) is 17.6 Å². The van der Waals surface area contributed by atoms with Crippen molar-refractivity contribution in [3.05, 3.63) is 0 Å².